The molecule has 78 valence electrons. The van der Waals surface area contributed by atoms with E-state index in [1.54, 1.807) is 0 Å². The fraction of sp³-hybridized carbons (Fsp3) is 0.333. The van der Waals surface area contributed by atoms with E-state index in [1.165, 1.54) is 5.56 Å². The molecule has 0 aromatic heterocycles. The maximum atomic E-state index is 11.2. The van der Waals surface area contributed by atoms with Crippen molar-refractivity contribution in [1.82, 2.24) is 5.32 Å². The number of piperidine rings is 1. The van der Waals surface area contributed by atoms with Crippen LogP contribution in [0.1, 0.15) is 29.9 Å². The Morgan fingerprint density at radius 3 is 2.13 bits per heavy atom. The molecule has 0 radical (unpaired) electrons. The number of carbonyl (C=O) groups is 2. The van der Waals surface area contributed by atoms with Gasteiger partial charge in [0.1, 0.15) is 0 Å². The zero-order chi connectivity index (χ0) is 10.8. The maximum absolute atomic E-state index is 11.2. The Labute approximate surface area is 88.5 Å². The number of imide groups is 1. The van der Waals surface area contributed by atoms with Gasteiger partial charge in [0.15, 0.2) is 0 Å². The number of carbonyl (C=O) groups excluding carboxylic acids is 2. The second-order valence-electron chi connectivity index (χ2n) is 3.99. The average Bonchev–Trinajstić information content (AvgIpc) is 2.17. The van der Waals surface area contributed by atoms with E-state index in [9.17, 15) is 9.59 Å². The molecule has 0 aliphatic carbocycles. The molecule has 0 atom stereocenters. The van der Waals surface area contributed by atoms with Crippen LogP contribution in [0.4, 0.5) is 0 Å². The molecule has 1 aliphatic heterocycles. The highest BCUT2D eigenvalue weighted by atomic mass is 16.2. The molecule has 1 fully saturated rings. The highest BCUT2D eigenvalue weighted by Crippen LogP contribution is 2.26. The van der Waals surface area contributed by atoms with Gasteiger partial charge in [-0.1, -0.05) is 29.8 Å². The number of hydrogen-bond acceptors (Lipinski definition) is 2. The molecule has 3 nitrogen and oxygen atoms in total. The first kappa shape index (κ1) is 9.90. The lowest BCUT2D eigenvalue weighted by Gasteiger charge is -2.21. The van der Waals surface area contributed by atoms with Crippen molar-refractivity contribution in [1.29, 1.82) is 0 Å². The number of nitrogens with one attached hydrogen (secondary N) is 1. The van der Waals surface area contributed by atoms with Crippen molar-refractivity contribution < 1.29 is 9.59 Å². The number of hydrogen-bond donors (Lipinski definition) is 1. The first-order chi connectivity index (χ1) is 7.15. The number of aryl methyl sites for hydroxylation is 1. The van der Waals surface area contributed by atoms with Crippen LogP contribution in [-0.2, 0) is 9.59 Å². The van der Waals surface area contributed by atoms with Gasteiger partial charge in [-0.15, -0.1) is 0 Å². The van der Waals surface area contributed by atoms with Gasteiger partial charge < -0.3 is 0 Å². The van der Waals surface area contributed by atoms with Crippen molar-refractivity contribution in [3.8, 4) is 0 Å². The summed E-state index contributed by atoms with van der Waals surface area (Å²) in [5.74, 6) is -0.291. The third kappa shape index (κ3) is 2.24. The van der Waals surface area contributed by atoms with Crippen LogP contribution in [0.2, 0.25) is 0 Å². The fourth-order valence-corrected chi connectivity index (χ4v) is 1.85. The SMILES string of the molecule is Cc1ccc(C2CC(=O)NC(=O)C2)cc1. The van der Waals surface area contributed by atoms with E-state index in [4.69, 9.17) is 0 Å². The van der Waals surface area contributed by atoms with Crippen LogP contribution < -0.4 is 5.32 Å². The second-order valence-corrected chi connectivity index (χ2v) is 3.99. The van der Waals surface area contributed by atoms with Crippen molar-refractivity contribution in [2.75, 3.05) is 0 Å². The van der Waals surface area contributed by atoms with Gasteiger partial charge in [0.05, 0.1) is 0 Å². The highest BCUT2D eigenvalue weighted by Gasteiger charge is 2.25. The minimum atomic E-state index is -0.170. The molecular weight excluding hydrogens is 190 g/mol. The molecule has 1 heterocycles. The molecule has 1 aliphatic rings. The van der Waals surface area contributed by atoms with Crippen molar-refractivity contribution >= 4 is 11.8 Å². The van der Waals surface area contributed by atoms with Crippen LogP contribution in [0.25, 0.3) is 0 Å². The summed E-state index contributed by atoms with van der Waals surface area (Å²) >= 11 is 0. The lowest BCUT2D eigenvalue weighted by Crippen LogP contribution is -2.37. The van der Waals surface area contributed by atoms with E-state index in [0.29, 0.717) is 12.8 Å². The minimum Gasteiger partial charge on any atom is -0.296 e. The topological polar surface area (TPSA) is 46.2 Å². The first-order valence-electron chi connectivity index (χ1n) is 5.04. The van der Waals surface area contributed by atoms with Gasteiger partial charge in [0.25, 0.3) is 0 Å². The van der Waals surface area contributed by atoms with Gasteiger partial charge in [-0.2, -0.15) is 0 Å². The van der Waals surface area contributed by atoms with E-state index in [0.717, 1.165) is 5.56 Å². The summed E-state index contributed by atoms with van der Waals surface area (Å²) < 4.78 is 0. The molecule has 15 heavy (non-hydrogen) atoms. The van der Waals surface area contributed by atoms with Crippen LogP contribution in [0.3, 0.4) is 0 Å². The summed E-state index contributed by atoms with van der Waals surface area (Å²) in [6.45, 7) is 2.02. The van der Waals surface area contributed by atoms with Crippen LogP contribution in [0.15, 0.2) is 24.3 Å². The summed E-state index contributed by atoms with van der Waals surface area (Å²) in [6.07, 6.45) is 0.823. The maximum Gasteiger partial charge on any atom is 0.227 e. The summed E-state index contributed by atoms with van der Waals surface area (Å²) in [4.78, 5) is 22.4. The van der Waals surface area contributed by atoms with E-state index in [1.807, 2.05) is 31.2 Å². The van der Waals surface area contributed by atoms with Gasteiger partial charge in [0.2, 0.25) is 11.8 Å². The number of benzene rings is 1. The molecule has 1 saturated heterocycles. The zero-order valence-electron chi connectivity index (χ0n) is 8.62. The van der Waals surface area contributed by atoms with E-state index >= 15 is 0 Å². The van der Waals surface area contributed by atoms with Gasteiger partial charge >= 0.3 is 0 Å². The molecule has 0 unspecified atom stereocenters. The Morgan fingerprint density at radius 1 is 1.07 bits per heavy atom. The summed E-state index contributed by atoms with van der Waals surface area (Å²) in [7, 11) is 0. The second kappa shape index (κ2) is 3.85. The monoisotopic (exact) mass is 203 g/mol. The highest BCUT2D eigenvalue weighted by molar-refractivity contribution is 5.98. The Morgan fingerprint density at radius 2 is 1.60 bits per heavy atom. The van der Waals surface area contributed by atoms with Crippen LogP contribution in [0.5, 0.6) is 0 Å². The molecule has 0 saturated carbocycles. The smallest absolute Gasteiger partial charge is 0.227 e. The normalized spacial score (nSPS) is 17.7. The first-order valence-corrected chi connectivity index (χ1v) is 5.04. The van der Waals surface area contributed by atoms with E-state index in [-0.39, 0.29) is 17.7 Å². The van der Waals surface area contributed by atoms with Crippen molar-refractivity contribution in [2.45, 2.75) is 25.7 Å². The standard InChI is InChI=1S/C12H13NO2/c1-8-2-4-9(5-3-8)10-6-11(14)13-12(15)7-10/h2-5,10H,6-7H2,1H3,(H,13,14,15). The lowest BCUT2D eigenvalue weighted by atomic mass is 9.89. The van der Waals surface area contributed by atoms with Crippen LogP contribution >= 0.6 is 0 Å². The van der Waals surface area contributed by atoms with Gasteiger partial charge in [-0.05, 0) is 12.5 Å². The van der Waals surface area contributed by atoms with Gasteiger partial charge in [-0.3, -0.25) is 14.9 Å². The summed E-state index contributed by atoms with van der Waals surface area (Å²) in [6, 6.07) is 8.00. The Hall–Kier alpha value is -1.64. The molecule has 0 spiro atoms. The Bertz CT molecular complexity index is 379. The minimum absolute atomic E-state index is 0.0480. The molecular formula is C12H13NO2. The molecule has 2 rings (SSSR count). The van der Waals surface area contributed by atoms with Crippen LogP contribution in [0, 0.1) is 6.92 Å². The predicted octanol–water partition coefficient (Wildman–Crippen LogP) is 1.52. The summed E-state index contributed by atoms with van der Waals surface area (Å²) in [5, 5.41) is 2.31. The lowest BCUT2D eigenvalue weighted by molar-refractivity contribution is -0.133. The van der Waals surface area contributed by atoms with Gasteiger partial charge in [0, 0.05) is 18.8 Å². The van der Waals surface area contributed by atoms with Crippen molar-refractivity contribution in [3.63, 3.8) is 0 Å². The third-order valence-corrected chi connectivity index (χ3v) is 2.69. The largest absolute Gasteiger partial charge is 0.296 e. The summed E-state index contributed by atoms with van der Waals surface area (Å²) in [5.41, 5.74) is 2.26. The van der Waals surface area contributed by atoms with Crippen molar-refractivity contribution in [2.24, 2.45) is 0 Å². The van der Waals surface area contributed by atoms with E-state index in [2.05, 4.69) is 5.32 Å². The zero-order valence-corrected chi connectivity index (χ0v) is 8.62. The van der Waals surface area contributed by atoms with Gasteiger partial charge in [-0.25, -0.2) is 0 Å². The Balaban J connectivity index is 2.19. The molecule has 1 N–H and O–H groups in total. The van der Waals surface area contributed by atoms with Crippen LogP contribution in [-0.4, -0.2) is 11.8 Å². The third-order valence-electron chi connectivity index (χ3n) is 2.69. The number of rotatable bonds is 1. The average molecular weight is 203 g/mol. The molecule has 1 aromatic rings. The number of amides is 2. The quantitative estimate of drug-likeness (QED) is 0.703. The fourth-order valence-electron chi connectivity index (χ4n) is 1.85. The van der Waals surface area contributed by atoms with Crippen molar-refractivity contribution in [3.05, 3.63) is 35.4 Å². The Kier molecular flexibility index (Phi) is 2.54. The molecule has 2 amide bonds. The molecule has 0 bridgehead atoms. The predicted molar refractivity (Wildman–Crippen MR) is 56.3 cm³/mol. The molecule has 3 heteroatoms. The molecule has 1 aromatic carbocycles. The van der Waals surface area contributed by atoms with E-state index < -0.39 is 0 Å².